The molecule has 23 heavy (non-hydrogen) atoms. The van der Waals surface area contributed by atoms with Gasteiger partial charge in [-0.1, -0.05) is 30.3 Å². The van der Waals surface area contributed by atoms with Crippen molar-refractivity contribution in [2.24, 2.45) is 0 Å². The van der Waals surface area contributed by atoms with E-state index in [4.69, 9.17) is 9.47 Å². The van der Waals surface area contributed by atoms with Gasteiger partial charge in [-0.3, -0.25) is 4.79 Å². The molecule has 2 aromatic carbocycles. The van der Waals surface area contributed by atoms with Gasteiger partial charge in [-0.25, -0.2) is 0 Å². The minimum Gasteiger partial charge on any atom is -0.492 e. The summed E-state index contributed by atoms with van der Waals surface area (Å²) in [7, 11) is 0. The van der Waals surface area contributed by atoms with Gasteiger partial charge in [0.1, 0.15) is 11.5 Å². The van der Waals surface area contributed by atoms with Crippen molar-refractivity contribution in [2.45, 2.75) is 33.8 Å². The van der Waals surface area contributed by atoms with Crippen LogP contribution in [0.2, 0.25) is 0 Å². The second kappa shape index (κ2) is 7.68. The summed E-state index contributed by atoms with van der Waals surface area (Å²) >= 11 is 0. The number of anilines is 1. The lowest BCUT2D eigenvalue weighted by molar-refractivity contribution is -0.122. The lowest BCUT2D eigenvalue weighted by Crippen LogP contribution is -2.30. The summed E-state index contributed by atoms with van der Waals surface area (Å²) < 4.78 is 11.4. The van der Waals surface area contributed by atoms with Gasteiger partial charge in [-0.05, 0) is 51.0 Å². The van der Waals surface area contributed by atoms with Crippen LogP contribution in [0.15, 0.2) is 42.5 Å². The molecule has 0 aliphatic rings. The number of carbonyl (C=O) groups is 1. The van der Waals surface area contributed by atoms with Crippen molar-refractivity contribution < 1.29 is 14.3 Å². The van der Waals surface area contributed by atoms with Crippen molar-refractivity contribution in [3.63, 3.8) is 0 Å². The Morgan fingerprint density at radius 3 is 2.39 bits per heavy atom. The molecule has 122 valence electrons. The van der Waals surface area contributed by atoms with E-state index in [9.17, 15) is 4.79 Å². The molecule has 0 saturated carbocycles. The van der Waals surface area contributed by atoms with Crippen LogP contribution in [0, 0.1) is 13.8 Å². The first-order chi connectivity index (χ1) is 11.0. The van der Waals surface area contributed by atoms with Gasteiger partial charge >= 0.3 is 0 Å². The van der Waals surface area contributed by atoms with Gasteiger partial charge in [0.05, 0.1) is 12.3 Å². The van der Waals surface area contributed by atoms with E-state index < -0.39 is 6.10 Å². The summed E-state index contributed by atoms with van der Waals surface area (Å²) in [4.78, 5) is 12.4. The summed E-state index contributed by atoms with van der Waals surface area (Å²) in [5, 5.41) is 2.87. The van der Waals surface area contributed by atoms with E-state index >= 15 is 0 Å². The summed E-state index contributed by atoms with van der Waals surface area (Å²) in [6.45, 7) is 8.13. The zero-order chi connectivity index (χ0) is 16.8. The number of benzene rings is 2. The minimum atomic E-state index is -0.607. The molecule has 1 N–H and O–H groups in total. The maximum Gasteiger partial charge on any atom is 0.265 e. The molecule has 2 rings (SSSR count). The molecule has 4 heteroatoms. The van der Waals surface area contributed by atoms with E-state index in [1.165, 1.54) is 0 Å². The first-order valence-corrected chi connectivity index (χ1v) is 7.78. The maximum absolute atomic E-state index is 12.4. The van der Waals surface area contributed by atoms with Crippen molar-refractivity contribution in [1.29, 1.82) is 0 Å². The molecule has 2 aromatic rings. The summed E-state index contributed by atoms with van der Waals surface area (Å²) in [6.07, 6.45) is -0.607. The van der Waals surface area contributed by atoms with Gasteiger partial charge < -0.3 is 14.8 Å². The Morgan fingerprint density at radius 2 is 1.74 bits per heavy atom. The van der Waals surface area contributed by atoms with Crippen molar-refractivity contribution in [2.75, 3.05) is 11.9 Å². The quantitative estimate of drug-likeness (QED) is 0.873. The Balaban J connectivity index is 2.09. The third kappa shape index (κ3) is 4.25. The summed E-state index contributed by atoms with van der Waals surface area (Å²) in [6, 6.07) is 13.3. The monoisotopic (exact) mass is 313 g/mol. The predicted molar refractivity (Wildman–Crippen MR) is 92.2 cm³/mol. The fraction of sp³-hybridized carbons (Fsp3) is 0.316. The molecule has 0 heterocycles. The first-order valence-electron chi connectivity index (χ1n) is 7.78. The highest BCUT2D eigenvalue weighted by molar-refractivity contribution is 5.95. The molecule has 1 amide bonds. The normalized spacial score (nSPS) is 11.7. The molecular formula is C19H23NO3. The highest BCUT2D eigenvalue weighted by atomic mass is 16.5. The van der Waals surface area contributed by atoms with E-state index in [-0.39, 0.29) is 5.91 Å². The van der Waals surface area contributed by atoms with Crippen LogP contribution in [0.5, 0.6) is 11.5 Å². The molecule has 0 aromatic heterocycles. The van der Waals surface area contributed by atoms with E-state index in [0.717, 1.165) is 16.9 Å². The summed E-state index contributed by atoms with van der Waals surface area (Å²) in [5.74, 6) is 1.20. The lowest BCUT2D eigenvalue weighted by atomic mass is 10.1. The van der Waals surface area contributed by atoms with Crippen LogP contribution in [0.1, 0.15) is 25.0 Å². The number of hydrogen-bond donors (Lipinski definition) is 1. The van der Waals surface area contributed by atoms with Crippen molar-refractivity contribution in [3.05, 3.63) is 53.6 Å². The molecule has 4 nitrogen and oxygen atoms in total. The van der Waals surface area contributed by atoms with Gasteiger partial charge in [0.25, 0.3) is 5.91 Å². The van der Waals surface area contributed by atoms with E-state index in [1.807, 2.05) is 63.2 Å². The largest absolute Gasteiger partial charge is 0.492 e. The number of nitrogens with one attached hydrogen (secondary N) is 1. The van der Waals surface area contributed by atoms with Crippen molar-refractivity contribution in [1.82, 2.24) is 0 Å². The molecule has 1 atom stereocenters. The second-order valence-electron chi connectivity index (χ2n) is 5.40. The summed E-state index contributed by atoms with van der Waals surface area (Å²) in [5.41, 5.74) is 2.68. The Hall–Kier alpha value is -2.49. The topological polar surface area (TPSA) is 47.6 Å². The van der Waals surface area contributed by atoms with Gasteiger partial charge in [0.2, 0.25) is 0 Å². The predicted octanol–water partition coefficient (Wildman–Crippen LogP) is 4.11. The second-order valence-corrected chi connectivity index (χ2v) is 5.40. The molecule has 0 bridgehead atoms. The van der Waals surface area contributed by atoms with Gasteiger partial charge in [-0.15, -0.1) is 0 Å². The molecule has 0 fully saturated rings. The molecule has 0 radical (unpaired) electrons. The van der Waals surface area contributed by atoms with Gasteiger partial charge in [-0.2, -0.15) is 0 Å². The van der Waals surface area contributed by atoms with Crippen LogP contribution in [-0.2, 0) is 4.79 Å². The van der Waals surface area contributed by atoms with Crippen molar-refractivity contribution in [3.8, 4) is 11.5 Å². The third-order valence-corrected chi connectivity index (χ3v) is 3.52. The zero-order valence-electron chi connectivity index (χ0n) is 14.1. The number of ether oxygens (including phenoxy) is 2. The fourth-order valence-corrected chi connectivity index (χ4v) is 2.30. The SMILES string of the molecule is CCOc1ccccc1NC(=O)C(C)Oc1c(C)cccc1C. The number of carbonyl (C=O) groups excluding carboxylic acids is 1. The van der Waals surface area contributed by atoms with Crippen molar-refractivity contribution >= 4 is 11.6 Å². The van der Waals surface area contributed by atoms with Gasteiger partial charge in [0, 0.05) is 0 Å². The first kappa shape index (κ1) is 16.9. The van der Waals surface area contributed by atoms with E-state index in [2.05, 4.69) is 5.32 Å². The number of hydrogen-bond acceptors (Lipinski definition) is 3. The van der Waals surface area contributed by atoms with Crippen LogP contribution in [0.3, 0.4) is 0 Å². The standard InChI is InChI=1S/C19H23NO3/c1-5-22-17-12-7-6-11-16(17)20-19(21)15(4)23-18-13(2)9-8-10-14(18)3/h6-12,15H,5H2,1-4H3,(H,20,21). The number of aryl methyl sites for hydroxylation is 2. The molecule has 1 unspecified atom stereocenters. The lowest BCUT2D eigenvalue weighted by Gasteiger charge is -2.19. The molecule has 0 saturated heterocycles. The van der Waals surface area contributed by atoms with Crippen LogP contribution >= 0.6 is 0 Å². The highest BCUT2D eigenvalue weighted by Gasteiger charge is 2.18. The fourth-order valence-electron chi connectivity index (χ4n) is 2.30. The van der Waals surface area contributed by atoms with Crippen LogP contribution in [-0.4, -0.2) is 18.6 Å². The smallest absolute Gasteiger partial charge is 0.265 e. The Labute approximate surface area is 137 Å². The Bertz CT molecular complexity index is 662. The molecule has 0 aliphatic carbocycles. The van der Waals surface area contributed by atoms with E-state index in [1.54, 1.807) is 6.92 Å². The van der Waals surface area contributed by atoms with Crippen LogP contribution in [0.25, 0.3) is 0 Å². The van der Waals surface area contributed by atoms with E-state index in [0.29, 0.717) is 18.0 Å². The highest BCUT2D eigenvalue weighted by Crippen LogP contribution is 2.26. The average Bonchev–Trinajstić information content (AvgIpc) is 2.53. The van der Waals surface area contributed by atoms with Crippen LogP contribution in [0.4, 0.5) is 5.69 Å². The minimum absolute atomic E-state index is 0.209. The maximum atomic E-state index is 12.4. The average molecular weight is 313 g/mol. The van der Waals surface area contributed by atoms with Gasteiger partial charge in [0.15, 0.2) is 6.10 Å². The van der Waals surface area contributed by atoms with Crippen LogP contribution < -0.4 is 14.8 Å². The molecule has 0 aliphatic heterocycles. The Morgan fingerprint density at radius 1 is 1.09 bits per heavy atom. The molecular weight excluding hydrogens is 290 g/mol. The number of rotatable bonds is 6. The molecule has 0 spiro atoms. The third-order valence-electron chi connectivity index (χ3n) is 3.52. The Kier molecular flexibility index (Phi) is 5.63. The number of para-hydroxylation sites is 3. The number of amides is 1. The zero-order valence-corrected chi connectivity index (χ0v) is 14.1.